The van der Waals surface area contributed by atoms with Crippen LogP contribution in [0.1, 0.15) is 18.9 Å². The minimum atomic E-state index is -3.61. The van der Waals surface area contributed by atoms with Gasteiger partial charge in [0.1, 0.15) is 5.83 Å². The van der Waals surface area contributed by atoms with Crippen LogP contribution < -0.4 is 0 Å². The number of rotatable bonds is 2. The normalized spacial score (nSPS) is 21.8. The van der Waals surface area contributed by atoms with Crippen LogP contribution in [0.5, 0.6) is 0 Å². The molecule has 1 aromatic carbocycles. The number of sulfonamides is 1. The molecule has 19 heavy (non-hydrogen) atoms. The maximum absolute atomic E-state index is 13.6. The Balaban J connectivity index is 2.29. The second kappa shape index (κ2) is 5.43. The molecule has 1 aliphatic heterocycles. The van der Waals surface area contributed by atoms with Gasteiger partial charge in [0.05, 0.1) is 11.4 Å². The molecule has 1 heterocycles. The molecule has 3 nitrogen and oxygen atoms in total. The van der Waals surface area contributed by atoms with Crippen LogP contribution in [0.2, 0.25) is 0 Å². The van der Waals surface area contributed by atoms with Gasteiger partial charge in [0.15, 0.2) is 0 Å². The number of nitrogens with zero attached hydrogens (tertiary/aromatic N) is 1. The predicted molar refractivity (Wildman–Crippen MR) is 72.9 cm³/mol. The maximum atomic E-state index is 13.6. The van der Waals surface area contributed by atoms with Gasteiger partial charge < -0.3 is 0 Å². The average Bonchev–Trinajstić information content (AvgIpc) is 2.51. The van der Waals surface area contributed by atoms with Gasteiger partial charge in [-0.3, -0.25) is 0 Å². The summed E-state index contributed by atoms with van der Waals surface area (Å²) < 4.78 is 39.7. The van der Waals surface area contributed by atoms with Crippen LogP contribution in [0.15, 0.2) is 41.1 Å². The van der Waals surface area contributed by atoms with E-state index in [0.29, 0.717) is 13.0 Å². The molecule has 2 rings (SSSR count). The van der Waals surface area contributed by atoms with Crippen LogP contribution in [0.3, 0.4) is 0 Å². The quantitative estimate of drug-likeness (QED) is 0.837. The van der Waals surface area contributed by atoms with Crippen LogP contribution in [0.4, 0.5) is 4.39 Å². The second-order valence-corrected chi connectivity index (χ2v) is 6.97. The van der Waals surface area contributed by atoms with E-state index in [0.717, 1.165) is 5.56 Å². The van der Waals surface area contributed by atoms with Gasteiger partial charge in [0.25, 0.3) is 0 Å². The van der Waals surface area contributed by atoms with Crippen LogP contribution in [-0.2, 0) is 10.0 Å². The molecule has 1 unspecified atom stereocenters. The lowest BCUT2D eigenvalue weighted by atomic mass is 10.1. The highest BCUT2D eigenvalue weighted by Crippen LogP contribution is 2.23. The lowest BCUT2D eigenvalue weighted by Gasteiger charge is -2.20. The third-order valence-corrected chi connectivity index (χ3v) is 5.14. The summed E-state index contributed by atoms with van der Waals surface area (Å²) in [5.74, 6) is -0.307. The summed E-state index contributed by atoms with van der Waals surface area (Å²) >= 11 is 0. The van der Waals surface area contributed by atoms with Crippen LogP contribution in [-0.4, -0.2) is 25.8 Å². The molecule has 1 atom stereocenters. The van der Waals surface area contributed by atoms with Crippen molar-refractivity contribution < 1.29 is 12.8 Å². The van der Waals surface area contributed by atoms with E-state index < -0.39 is 10.0 Å². The molecule has 0 bridgehead atoms. The number of benzene rings is 1. The molecular weight excluding hydrogens is 265 g/mol. The predicted octanol–water partition coefficient (Wildman–Crippen LogP) is 2.88. The molecule has 1 aliphatic rings. The molecule has 5 heteroatoms. The summed E-state index contributed by atoms with van der Waals surface area (Å²) in [6.45, 7) is 3.97. The lowest BCUT2D eigenvalue weighted by Crippen LogP contribution is -2.32. The van der Waals surface area contributed by atoms with E-state index >= 15 is 0 Å². The molecule has 0 fully saturated rings. The zero-order valence-corrected chi connectivity index (χ0v) is 12.0. The summed E-state index contributed by atoms with van der Waals surface area (Å²) in [7, 11) is -3.61. The van der Waals surface area contributed by atoms with Gasteiger partial charge in [-0.05, 0) is 37.5 Å². The van der Waals surface area contributed by atoms with E-state index in [1.807, 2.05) is 13.8 Å². The highest BCUT2D eigenvalue weighted by atomic mass is 32.2. The fourth-order valence-electron chi connectivity index (χ4n) is 2.10. The monoisotopic (exact) mass is 283 g/mol. The fourth-order valence-corrected chi connectivity index (χ4v) is 3.52. The number of aryl methyl sites for hydroxylation is 1. The Kier molecular flexibility index (Phi) is 4.06. The second-order valence-electron chi connectivity index (χ2n) is 5.03. The molecule has 0 spiro atoms. The van der Waals surface area contributed by atoms with E-state index in [9.17, 15) is 12.8 Å². The van der Waals surface area contributed by atoms with E-state index in [4.69, 9.17) is 0 Å². The Morgan fingerprint density at radius 3 is 2.53 bits per heavy atom. The van der Waals surface area contributed by atoms with Crippen molar-refractivity contribution in [3.8, 4) is 0 Å². The van der Waals surface area contributed by atoms with Gasteiger partial charge in [-0.2, -0.15) is 4.31 Å². The Morgan fingerprint density at radius 2 is 1.89 bits per heavy atom. The first kappa shape index (κ1) is 14.2. The van der Waals surface area contributed by atoms with E-state index in [1.165, 1.54) is 10.4 Å². The zero-order chi connectivity index (χ0) is 14.0. The molecular formula is C14H18FNO2S. The topological polar surface area (TPSA) is 37.4 Å². The fraction of sp³-hybridized carbons (Fsp3) is 0.429. The maximum Gasteiger partial charge on any atom is 0.243 e. The van der Waals surface area contributed by atoms with Crippen molar-refractivity contribution in [2.75, 3.05) is 13.1 Å². The standard InChI is InChI=1S/C14H18FNO2S/c1-11-3-5-14(6-4-11)19(17,18)16-8-7-12(2)9-13(15)10-16/h3-6,9,12H,7-8,10H2,1-2H3. The van der Waals surface area contributed by atoms with E-state index in [1.54, 1.807) is 24.3 Å². The van der Waals surface area contributed by atoms with Gasteiger partial charge >= 0.3 is 0 Å². The number of allylic oxidation sites excluding steroid dienone is 1. The smallest absolute Gasteiger partial charge is 0.211 e. The zero-order valence-electron chi connectivity index (χ0n) is 11.1. The van der Waals surface area contributed by atoms with Gasteiger partial charge in [-0.1, -0.05) is 24.6 Å². The van der Waals surface area contributed by atoms with Crippen LogP contribution in [0, 0.1) is 12.8 Å². The molecule has 104 valence electrons. The highest BCUT2D eigenvalue weighted by Gasteiger charge is 2.27. The van der Waals surface area contributed by atoms with Gasteiger partial charge in [-0.15, -0.1) is 0 Å². The van der Waals surface area contributed by atoms with Crippen LogP contribution in [0.25, 0.3) is 0 Å². The van der Waals surface area contributed by atoms with Crippen molar-refractivity contribution in [3.05, 3.63) is 41.7 Å². The number of halogens is 1. The number of hydrogen-bond acceptors (Lipinski definition) is 2. The van der Waals surface area contributed by atoms with Gasteiger partial charge in [0.2, 0.25) is 10.0 Å². The Labute approximate surface area is 113 Å². The molecule has 0 saturated heterocycles. The third kappa shape index (κ3) is 3.22. The minimum absolute atomic E-state index is 0.0678. The Morgan fingerprint density at radius 1 is 1.26 bits per heavy atom. The molecule has 0 saturated carbocycles. The first-order valence-corrected chi connectivity index (χ1v) is 7.76. The van der Waals surface area contributed by atoms with Crippen molar-refractivity contribution in [2.45, 2.75) is 25.2 Å². The average molecular weight is 283 g/mol. The molecule has 0 aliphatic carbocycles. The summed E-state index contributed by atoms with van der Waals surface area (Å²) in [6.07, 6.45) is 2.14. The van der Waals surface area contributed by atoms with Gasteiger partial charge in [-0.25, -0.2) is 12.8 Å². The SMILES string of the molecule is Cc1ccc(S(=O)(=O)N2CCC(C)C=C(F)C2)cc1. The van der Waals surface area contributed by atoms with E-state index in [-0.39, 0.29) is 23.2 Å². The first-order chi connectivity index (χ1) is 8.89. The summed E-state index contributed by atoms with van der Waals surface area (Å²) in [6, 6.07) is 6.64. The Bertz CT molecular complexity index is 578. The highest BCUT2D eigenvalue weighted by molar-refractivity contribution is 7.89. The summed E-state index contributed by atoms with van der Waals surface area (Å²) in [5.41, 5.74) is 0.995. The summed E-state index contributed by atoms with van der Waals surface area (Å²) in [4.78, 5) is 0.223. The molecule has 1 aromatic rings. The van der Waals surface area contributed by atoms with Crippen molar-refractivity contribution in [1.29, 1.82) is 0 Å². The van der Waals surface area contributed by atoms with Crippen molar-refractivity contribution in [2.24, 2.45) is 5.92 Å². The lowest BCUT2D eigenvalue weighted by molar-refractivity contribution is 0.403. The molecule has 0 amide bonds. The van der Waals surface area contributed by atoms with Gasteiger partial charge in [0, 0.05) is 6.54 Å². The molecule has 0 radical (unpaired) electrons. The largest absolute Gasteiger partial charge is 0.243 e. The summed E-state index contributed by atoms with van der Waals surface area (Å²) in [5, 5.41) is 0. The van der Waals surface area contributed by atoms with Crippen molar-refractivity contribution >= 4 is 10.0 Å². The first-order valence-electron chi connectivity index (χ1n) is 6.32. The Hall–Kier alpha value is -1.20. The minimum Gasteiger partial charge on any atom is -0.211 e. The van der Waals surface area contributed by atoms with Crippen LogP contribution >= 0.6 is 0 Å². The molecule has 0 N–H and O–H groups in total. The molecule has 0 aromatic heterocycles. The number of hydrogen-bond donors (Lipinski definition) is 0. The van der Waals surface area contributed by atoms with E-state index in [2.05, 4.69) is 0 Å². The van der Waals surface area contributed by atoms with Crippen molar-refractivity contribution in [1.82, 2.24) is 4.31 Å². The third-order valence-electron chi connectivity index (χ3n) is 3.29. The van der Waals surface area contributed by atoms with Crippen molar-refractivity contribution in [3.63, 3.8) is 0 Å².